The number of nitrogens with one attached hydrogen (secondary N) is 1. The summed E-state index contributed by atoms with van der Waals surface area (Å²) in [6.45, 7) is 1.62. The summed E-state index contributed by atoms with van der Waals surface area (Å²) in [5, 5.41) is 3.00. The van der Waals surface area contributed by atoms with Gasteiger partial charge in [-0.25, -0.2) is 4.90 Å². The molecule has 2 aliphatic rings. The Morgan fingerprint density at radius 2 is 1.64 bits per heavy atom. The second-order valence-corrected chi connectivity index (χ2v) is 13.2. The van der Waals surface area contributed by atoms with Crippen LogP contribution in [0.4, 0.5) is 11.4 Å². The maximum atomic E-state index is 14.1. The molecule has 13 heteroatoms. The second kappa shape index (κ2) is 12.0. The zero-order valence-electron chi connectivity index (χ0n) is 23.6. The number of amides is 3. The number of aryl methyl sites for hydroxylation is 1. The molecule has 2 aliphatic heterocycles. The van der Waals surface area contributed by atoms with E-state index in [4.69, 9.17) is 32.7 Å². The van der Waals surface area contributed by atoms with E-state index in [0.717, 1.165) is 28.7 Å². The number of hydrogen-bond acceptors (Lipinski definition) is 8. The van der Waals surface area contributed by atoms with Crippen molar-refractivity contribution >= 4 is 75.4 Å². The minimum atomic E-state index is -0.826. The number of halogens is 2. The summed E-state index contributed by atoms with van der Waals surface area (Å²) < 4.78 is 12.3. The molecule has 9 nitrogen and oxygen atoms in total. The number of rotatable bonds is 7. The zero-order valence-corrected chi connectivity index (χ0v) is 26.8. The van der Waals surface area contributed by atoms with Gasteiger partial charge in [-0.1, -0.05) is 70.1 Å². The maximum Gasteiger partial charge on any atom is 0.308 e. The first-order valence-electron chi connectivity index (χ1n) is 13.4. The number of thiazole rings is 1. The maximum absolute atomic E-state index is 14.1. The molecule has 3 atom stereocenters. The molecule has 0 spiro atoms. The fraction of sp³-hybridized carbons (Fsp3) is 0.226. The second-order valence-electron chi connectivity index (χ2n) is 10.3. The Hall–Kier alpha value is -3.77. The van der Waals surface area contributed by atoms with Gasteiger partial charge in [0.2, 0.25) is 17.7 Å². The molecule has 3 amide bonds. The molecule has 0 saturated carbocycles. The van der Waals surface area contributed by atoms with Crippen molar-refractivity contribution in [3.05, 3.63) is 96.4 Å². The van der Waals surface area contributed by atoms with Crippen molar-refractivity contribution < 1.29 is 23.9 Å². The van der Waals surface area contributed by atoms with E-state index >= 15 is 0 Å². The Morgan fingerprint density at radius 3 is 2.32 bits per heavy atom. The van der Waals surface area contributed by atoms with Crippen molar-refractivity contribution in [2.45, 2.75) is 29.7 Å². The van der Waals surface area contributed by atoms with Crippen molar-refractivity contribution in [2.75, 3.05) is 24.4 Å². The molecule has 3 unspecified atom stereocenters. The van der Waals surface area contributed by atoms with Crippen LogP contribution in [0.15, 0.2) is 70.5 Å². The van der Waals surface area contributed by atoms with Crippen LogP contribution in [0.5, 0.6) is 11.5 Å². The lowest BCUT2D eigenvalue weighted by molar-refractivity contribution is -0.122. The lowest BCUT2D eigenvalue weighted by atomic mass is 9.83. The molecule has 0 bridgehead atoms. The van der Waals surface area contributed by atoms with Gasteiger partial charge in [-0.3, -0.25) is 23.7 Å². The summed E-state index contributed by atoms with van der Waals surface area (Å²) in [7, 11) is 3.04. The minimum absolute atomic E-state index is 0.274. The number of ether oxygens (including phenoxy) is 2. The Morgan fingerprint density at radius 1 is 0.909 bits per heavy atom. The van der Waals surface area contributed by atoms with Gasteiger partial charge in [0.05, 0.1) is 40.9 Å². The van der Waals surface area contributed by atoms with Gasteiger partial charge in [0.15, 0.2) is 11.5 Å². The lowest BCUT2D eigenvalue weighted by Crippen LogP contribution is -2.33. The highest BCUT2D eigenvalue weighted by molar-refractivity contribution is 8.00. The van der Waals surface area contributed by atoms with Crippen LogP contribution in [0, 0.1) is 12.8 Å². The van der Waals surface area contributed by atoms with Gasteiger partial charge in [-0.2, -0.15) is 0 Å². The number of anilines is 2. The third-order valence-corrected chi connectivity index (χ3v) is 11.0. The molecule has 3 aromatic carbocycles. The van der Waals surface area contributed by atoms with E-state index in [1.807, 2.05) is 19.1 Å². The molecule has 3 heterocycles. The predicted octanol–water partition coefficient (Wildman–Crippen LogP) is 5.98. The van der Waals surface area contributed by atoms with E-state index in [-0.39, 0.29) is 28.3 Å². The molecule has 1 saturated heterocycles. The normalized spacial score (nSPS) is 19.0. The standard InChI is InChI=1S/C31H25Cl2N3O6S2/c1-15-4-8-18(9-5-15)36-28(38)25-24(16-6-11-21(41-2)22(12-16)42-3)27-30(43-26(25)29(36)39)35(31(40)44-27)14-23(37)34-17-7-10-19(32)20(33)13-17/h4-13,24-26H,14H2,1-3H3,(H,34,37). The van der Waals surface area contributed by atoms with Gasteiger partial charge < -0.3 is 14.8 Å². The van der Waals surface area contributed by atoms with E-state index in [9.17, 15) is 19.2 Å². The first-order chi connectivity index (χ1) is 21.1. The topological polar surface area (TPSA) is 107 Å². The highest BCUT2D eigenvalue weighted by Crippen LogP contribution is 2.54. The van der Waals surface area contributed by atoms with Crippen LogP contribution in [-0.2, 0) is 20.9 Å². The molecule has 0 aliphatic carbocycles. The monoisotopic (exact) mass is 669 g/mol. The van der Waals surface area contributed by atoms with E-state index in [0.29, 0.717) is 43.4 Å². The summed E-state index contributed by atoms with van der Waals surface area (Å²) in [5.74, 6) is -1.70. The number of fused-ring (bicyclic) bond motifs is 2. The van der Waals surface area contributed by atoms with E-state index in [1.54, 1.807) is 42.5 Å². The molecule has 1 fully saturated rings. The van der Waals surface area contributed by atoms with E-state index in [1.165, 1.54) is 29.8 Å². The highest BCUT2D eigenvalue weighted by Gasteiger charge is 2.57. The minimum Gasteiger partial charge on any atom is -0.493 e. The molecule has 44 heavy (non-hydrogen) atoms. The highest BCUT2D eigenvalue weighted by atomic mass is 35.5. The number of thioether (sulfide) groups is 1. The molecule has 1 N–H and O–H groups in total. The van der Waals surface area contributed by atoms with Gasteiger partial charge in [0.25, 0.3) is 0 Å². The third kappa shape index (κ3) is 5.27. The fourth-order valence-corrected chi connectivity index (χ4v) is 8.60. The van der Waals surface area contributed by atoms with Crippen LogP contribution in [0.25, 0.3) is 0 Å². The van der Waals surface area contributed by atoms with Crippen LogP contribution in [0.3, 0.4) is 0 Å². The van der Waals surface area contributed by atoms with Gasteiger partial charge in [0, 0.05) is 16.5 Å². The zero-order chi connectivity index (χ0) is 31.3. The summed E-state index contributed by atoms with van der Waals surface area (Å²) in [4.78, 5) is 56.0. The quantitative estimate of drug-likeness (QED) is 0.241. The van der Waals surface area contributed by atoms with Crippen LogP contribution < -0.4 is 24.6 Å². The number of aromatic nitrogens is 1. The summed E-state index contributed by atoms with van der Waals surface area (Å²) in [6.07, 6.45) is 0. The number of methoxy groups -OCH3 is 2. The van der Waals surface area contributed by atoms with Crippen molar-refractivity contribution in [1.29, 1.82) is 0 Å². The first kappa shape index (κ1) is 30.3. The van der Waals surface area contributed by atoms with Crippen molar-refractivity contribution in [2.24, 2.45) is 5.92 Å². The van der Waals surface area contributed by atoms with E-state index in [2.05, 4.69) is 5.32 Å². The number of benzene rings is 3. The Bertz CT molecular complexity index is 1870. The van der Waals surface area contributed by atoms with Crippen molar-refractivity contribution in [3.63, 3.8) is 0 Å². The van der Waals surface area contributed by atoms with Crippen molar-refractivity contribution in [3.8, 4) is 11.5 Å². The smallest absolute Gasteiger partial charge is 0.308 e. The van der Waals surface area contributed by atoms with Gasteiger partial charge >= 0.3 is 4.87 Å². The summed E-state index contributed by atoms with van der Waals surface area (Å²) in [6, 6.07) is 17.2. The SMILES string of the molecule is COc1ccc(C2c3sc(=O)n(CC(=O)Nc4ccc(Cl)c(Cl)c4)c3SC3C(=O)N(c4ccc(C)cc4)C(=O)C32)cc1OC. The molecule has 6 rings (SSSR count). The Kier molecular flexibility index (Phi) is 8.23. The van der Waals surface area contributed by atoms with Crippen LogP contribution in [0.1, 0.15) is 21.9 Å². The Balaban J connectivity index is 1.43. The molecule has 1 aromatic heterocycles. The molecule has 0 radical (unpaired) electrons. The number of carbonyl (C=O) groups excluding carboxylic acids is 3. The summed E-state index contributed by atoms with van der Waals surface area (Å²) in [5.41, 5.74) is 2.57. The number of imide groups is 1. The Labute approximate surface area is 270 Å². The average molecular weight is 671 g/mol. The van der Waals surface area contributed by atoms with E-state index < -0.39 is 23.0 Å². The van der Waals surface area contributed by atoms with Gasteiger partial charge in [-0.15, -0.1) is 0 Å². The number of nitrogens with zero attached hydrogens (tertiary/aromatic N) is 2. The lowest BCUT2D eigenvalue weighted by Gasteiger charge is -2.31. The van der Waals surface area contributed by atoms with Gasteiger partial charge in [0.1, 0.15) is 11.8 Å². The van der Waals surface area contributed by atoms with Crippen LogP contribution in [0.2, 0.25) is 10.0 Å². The molecular weight excluding hydrogens is 645 g/mol. The number of hydrogen-bond donors (Lipinski definition) is 1. The third-order valence-electron chi connectivity index (χ3n) is 7.61. The predicted molar refractivity (Wildman–Crippen MR) is 172 cm³/mol. The molecule has 4 aromatic rings. The molecule has 226 valence electrons. The number of carbonyl (C=O) groups is 3. The van der Waals surface area contributed by atoms with Gasteiger partial charge in [-0.05, 0) is 55.0 Å². The molecular formula is C31H25Cl2N3O6S2. The van der Waals surface area contributed by atoms with Crippen molar-refractivity contribution in [1.82, 2.24) is 4.57 Å². The van der Waals surface area contributed by atoms with Crippen LogP contribution in [-0.4, -0.2) is 41.8 Å². The summed E-state index contributed by atoms with van der Waals surface area (Å²) >= 11 is 14.2. The largest absolute Gasteiger partial charge is 0.493 e. The first-order valence-corrected chi connectivity index (χ1v) is 15.9. The fourth-order valence-electron chi connectivity index (χ4n) is 5.53. The average Bonchev–Trinajstić information content (AvgIpc) is 3.45. The van der Waals surface area contributed by atoms with Crippen LogP contribution >= 0.6 is 46.3 Å².